The third-order valence-electron chi connectivity index (χ3n) is 6.17. The van der Waals surface area contributed by atoms with Gasteiger partial charge in [0.2, 0.25) is 5.88 Å². The summed E-state index contributed by atoms with van der Waals surface area (Å²) < 4.78 is 7.83. The van der Waals surface area contributed by atoms with E-state index in [1.54, 1.807) is 18.7 Å². The summed E-state index contributed by atoms with van der Waals surface area (Å²) in [4.78, 5) is 34.4. The zero-order chi connectivity index (χ0) is 21.9. The van der Waals surface area contributed by atoms with Crippen LogP contribution in [0.4, 0.5) is 5.82 Å². The lowest BCUT2D eigenvalue weighted by atomic mass is 10.2. The maximum absolute atomic E-state index is 12.9. The van der Waals surface area contributed by atoms with Crippen molar-refractivity contribution < 1.29 is 9.53 Å². The number of aromatic nitrogens is 5. The molecule has 1 aliphatic carbocycles. The summed E-state index contributed by atoms with van der Waals surface area (Å²) in [5.41, 5.74) is 0.595. The van der Waals surface area contributed by atoms with Gasteiger partial charge >= 0.3 is 0 Å². The SMILES string of the molecule is Cc1nccn1-c1cc(N2CCN(C(=O)c3ccc(OC4CCCC4)nc3)CC2)ncn1. The van der Waals surface area contributed by atoms with Gasteiger partial charge in [0, 0.05) is 56.9 Å². The molecule has 4 heterocycles. The number of hydrogen-bond donors (Lipinski definition) is 0. The number of hydrogen-bond acceptors (Lipinski definition) is 7. The Balaban J connectivity index is 1.19. The van der Waals surface area contributed by atoms with E-state index in [-0.39, 0.29) is 12.0 Å². The van der Waals surface area contributed by atoms with E-state index in [4.69, 9.17) is 4.74 Å². The van der Waals surface area contributed by atoms with Crippen LogP contribution in [0.2, 0.25) is 0 Å². The van der Waals surface area contributed by atoms with Crippen LogP contribution in [0, 0.1) is 6.92 Å². The predicted molar refractivity (Wildman–Crippen MR) is 119 cm³/mol. The Morgan fingerprint density at radius 3 is 2.47 bits per heavy atom. The van der Waals surface area contributed by atoms with Crippen molar-refractivity contribution in [2.45, 2.75) is 38.7 Å². The molecule has 9 nitrogen and oxygen atoms in total. The number of carbonyl (C=O) groups excluding carboxylic acids is 1. The van der Waals surface area contributed by atoms with Gasteiger partial charge in [0.1, 0.15) is 29.9 Å². The highest BCUT2D eigenvalue weighted by atomic mass is 16.5. The zero-order valence-corrected chi connectivity index (χ0v) is 18.2. The van der Waals surface area contributed by atoms with Gasteiger partial charge in [0.15, 0.2) is 0 Å². The molecule has 1 aliphatic heterocycles. The average Bonchev–Trinajstić information content (AvgIpc) is 3.51. The Morgan fingerprint density at radius 2 is 1.78 bits per heavy atom. The van der Waals surface area contributed by atoms with Crippen molar-refractivity contribution in [1.82, 2.24) is 29.4 Å². The van der Waals surface area contributed by atoms with Crippen LogP contribution in [0.25, 0.3) is 5.82 Å². The maximum Gasteiger partial charge on any atom is 0.255 e. The second-order valence-electron chi connectivity index (χ2n) is 8.27. The summed E-state index contributed by atoms with van der Waals surface area (Å²) in [6.07, 6.45) is 11.7. The molecule has 32 heavy (non-hydrogen) atoms. The van der Waals surface area contributed by atoms with Crippen LogP contribution in [0.5, 0.6) is 5.88 Å². The molecule has 0 unspecified atom stereocenters. The number of amides is 1. The van der Waals surface area contributed by atoms with Crippen molar-refractivity contribution in [3.05, 3.63) is 54.5 Å². The number of nitrogens with zero attached hydrogens (tertiary/aromatic N) is 7. The minimum absolute atomic E-state index is 0.00184. The van der Waals surface area contributed by atoms with Gasteiger partial charge in [-0.1, -0.05) is 0 Å². The van der Waals surface area contributed by atoms with Crippen LogP contribution in [-0.2, 0) is 0 Å². The molecule has 0 atom stereocenters. The Hall–Kier alpha value is -3.49. The van der Waals surface area contributed by atoms with Crippen LogP contribution in [0.1, 0.15) is 41.9 Å². The van der Waals surface area contributed by atoms with Crippen molar-refractivity contribution >= 4 is 11.7 Å². The number of piperazine rings is 1. The summed E-state index contributed by atoms with van der Waals surface area (Å²) in [6.45, 7) is 4.61. The Labute approximate surface area is 187 Å². The van der Waals surface area contributed by atoms with Crippen LogP contribution < -0.4 is 9.64 Å². The Kier molecular flexibility index (Phi) is 5.70. The summed E-state index contributed by atoms with van der Waals surface area (Å²) in [7, 11) is 0. The minimum Gasteiger partial charge on any atom is -0.474 e. The van der Waals surface area contributed by atoms with Gasteiger partial charge in [-0.25, -0.2) is 19.9 Å². The van der Waals surface area contributed by atoms with Crippen LogP contribution in [0.3, 0.4) is 0 Å². The van der Waals surface area contributed by atoms with Crippen LogP contribution in [-0.4, -0.2) is 67.6 Å². The highest BCUT2D eigenvalue weighted by molar-refractivity contribution is 5.94. The van der Waals surface area contributed by atoms with Gasteiger partial charge in [-0.15, -0.1) is 0 Å². The number of ether oxygens (including phenoxy) is 1. The van der Waals surface area contributed by atoms with Crippen LogP contribution in [0.15, 0.2) is 43.1 Å². The first-order chi connectivity index (χ1) is 15.7. The summed E-state index contributed by atoms with van der Waals surface area (Å²) in [5.74, 6) is 3.12. The van der Waals surface area contributed by atoms with Gasteiger partial charge in [0.05, 0.1) is 5.56 Å². The molecule has 2 fully saturated rings. The van der Waals surface area contributed by atoms with E-state index in [1.165, 1.54) is 12.8 Å². The monoisotopic (exact) mass is 433 g/mol. The standard InChI is InChI=1S/C23H27N7O2/c1-17-24-8-9-30(17)21-14-20(26-16-27-21)28-10-12-29(13-11-28)23(31)18-6-7-22(25-15-18)32-19-4-2-3-5-19/h6-9,14-16,19H,2-5,10-13H2,1H3. The van der Waals surface area contributed by atoms with E-state index in [0.717, 1.165) is 30.3 Å². The lowest BCUT2D eigenvalue weighted by Crippen LogP contribution is -2.49. The maximum atomic E-state index is 12.9. The first-order valence-electron chi connectivity index (χ1n) is 11.2. The molecule has 0 spiro atoms. The van der Waals surface area contributed by atoms with Crippen molar-refractivity contribution in [3.63, 3.8) is 0 Å². The molecule has 2 aliphatic rings. The second-order valence-corrected chi connectivity index (χ2v) is 8.27. The fourth-order valence-electron chi connectivity index (χ4n) is 4.34. The van der Waals surface area contributed by atoms with Crippen molar-refractivity contribution in [2.75, 3.05) is 31.1 Å². The molecule has 1 amide bonds. The number of imidazole rings is 1. The average molecular weight is 434 g/mol. The quantitative estimate of drug-likeness (QED) is 0.611. The van der Waals surface area contributed by atoms with Gasteiger partial charge in [-0.3, -0.25) is 9.36 Å². The summed E-state index contributed by atoms with van der Waals surface area (Å²) in [6, 6.07) is 5.58. The number of rotatable bonds is 5. The van der Waals surface area contributed by atoms with Crippen molar-refractivity contribution in [2.24, 2.45) is 0 Å². The first kappa shape index (κ1) is 20.4. The molecular formula is C23H27N7O2. The van der Waals surface area contributed by atoms with Crippen molar-refractivity contribution in [1.29, 1.82) is 0 Å². The molecule has 3 aromatic heterocycles. The topological polar surface area (TPSA) is 89.3 Å². The molecule has 166 valence electrons. The highest BCUT2D eigenvalue weighted by Gasteiger charge is 2.24. The molecule has 0 N–H and O–H groups in total. The minimum atomic E-state index is 0.00184. The molecular weight excluding hydrogens is 406 g/mol. The molecule has 9 heteroatoms. The number of aryl methyl sites for hydroxylation is 1. The fourth-order valence-corrected chi connectivity index (χ4v) is 4.34. The van der Waals surface area contributed by atoms with E-state index < -0.39 is 0 Å². The van der Waals surface area contributed by atoms with E-state index in [1.807, 2.05) is 40.8 Å². The largest absolute Gasteiger partial charge is 0.474 e. The first-order valence-corrected chi connectivity index (χ1v) is 11.2. The molecule has 1 saturated heterocycles. The molecule has 1 saturated carbocycles. The fraction of sp³-hybridized carbons (Fsp3) is 0.435. The van der Waals surface area contributed by atoms with E-state index in [2.05, 4.69) is 24.8 Å². The lowest BCUT2D eigenvalue weighted by molar-refractivity contribution is 0.0746. The van der Waals surface area contributed by atoms with Gasteiger partial charge < -0.3 is 14.5 Å². The number of pyridine rings is 1. The highest BCUT2D eigenvalue weighted by Crippen LogP contribution is 2.23. The van der Waals surface area contributed by atoms with Crippen LogP contribution >= 0.6 is 0 Å². The van der Waals surface area contributed by atoms with Gasteiger partial charge in [-0.2, -0.15) is 0 Å². The smallest absolute Gasteiger partial charge is 0.255 e. The zero-order valence-electron chi connectivity index (χ0n) is 18.2. The van der Waals surface area contributed by atoms with E-state index in [0.29, 0.717) is 37.6 Å². The normalized spacial score (nSPS) is 17.0. The van der Waals surface area contributed by atoms with E-state index >= 15 is 0 Å². The Bertz CT molecular complexity index is 1070. The lowest BCUT2D eigenvalue weighted by Gasteiger charge is -2.35. The number of carbonyl (C=O) groups is 1. The molecule has 5 rings (SSSR count). The second kappa shape index (κ2) is 8.94. The molecule has 0 bridgehead atoms. The summed E-state index contributed by atoms with van der Waals surface area (Å²) in [5, 5.41) is 0. The third kappa shape index (κ3) is 4.28. The molecule has 0 aromatic carbocycles. The number of anilines is 1. The Morgan fingerprint density at radius 1 is 1.00 bits per heavy atom. The van der Waals surface area contributed by atoms with Crippen molar-refractivity contribution in [3.8, 4) is 11.7 Å². The van der Waals surface area contributed by atoms with Gasteiger partial charge in [-0.05, 0) is 38.7 Å². The summed E-state index contributed by atoms with van der Waals surface area (Å²) >= 11 is 0. The molecule has 0 radical (unpaired) electrons. The van der Waals surface area contributed by atoms with Gasteiger partial charge in [0.25, 0.3) is 5.91 Å². The molecule has 3 aromatic rings. The predicted octanol–water partition coefficient (Wildman–Crippen LogP) is 2.65. The third-order valence-corrected chi connectivity index (χ3v) is 6.17. The van der Waals surface area contributed by atoms with E-state index in [9.17, 15) is 4.79 Å².